The second kappa shape index (κ2) is 8.80. The normalized spacial score (nSPS) is 17.6. The fourth-order valence-corrected chi connectivity index (χ4v) is 3.93. The lowest BCUT2D eigenvalue weighted by atomic mass is 9.94. The number of carbonyl (C=O) groups excluding carboxylic acids is 2. The lowest BCUT2D eigenvalue weighted by Gasteiger charge is -2.25. The molecule has 1 unspecified atom stereocenters. The van der Waals surface area contributed by atoms with Crippen molar-refractivity contribution >= 4 is 29.1 Å². The van der Waals surface area contributed by atoms with Crippen molar-refractivity contribution in [3.8, 4) is 5.75 Å². The number of aliphatic hydroxyl groups excluding tert-OH is 1. The predicted octanol–water partition coefficient (Wildman–Crippen LogP) is 4.50. The summed E-state index contributed by atoms with van der Waals surface area (Å²) in [7, 11) is 1.40. The van der Waals surface area contributed by atoms with E-state index in [1.165, 1.54) is 42.3 Å². The van der Waals surface area contributed by atoms with Crippen molar-refractivity contribution in [2.75, 3.05) is 7.11 Å². The monoisotopic (exact) mass is 452 g/mol. The van der Waals surface area contributed by atoms with Crippen molar-refractivity contribution in [3.63, 3.8) is 0 Å². The quantitative estimate of drug-likeness (QED) is 0.350. The number of benzene rings is 2. The lowest BCUT2D eigenvalue weighted by Crippen LogP contribution is -2.29. The number of ether oxygens (including phenoxy) is 1. The third-order valence-electron chi connectivity index (χ3n) is 5.23. The Labute approximate surface area is 188 Å². The predicted molar refractivity (Wildman–Crippen MR) is 116 cm³/mol. The summed E-state index contributed by atoms with van der Waals surface area (Å²) >= 11 is 6.09. The summed E-state index contributed by atoms with van der Waals surface area (Å²) in [4.78, 5) is 31.3. The SMILES string of the molecule is COc1ccc(Cl)cc1/C(O)=C1\C(=O)C(=O)N(Cc2cccnc2)C1c1ccccc1F. The van der Waals surface area contributed by atoms with E-state index in [4.69, 9.17) is 16.3 Å². The third-order valence-corrected chi connectivity index (χ3v) is 5.47. The summed E-state index contributed by atoms with van der Waals surface area (Å²) in [5.74, 6) is -2.65. The van der Waals surface area contributed by atoms with E-state index < -0.39 is 29.3 Å². The number of likely N-dealkylation sites (tertiary alicyclic amines) is 1. The molecule has 8 heteroatoms. The molecule has 0 bridgehead atoms. The third kappa shape index (κ3) is 3.83. The van der Waals surface area contributed by atoms with E-state index in [1.54, 1.807) is 36.7 Å². The molecule has 0 saturated carbocycles. The molecule has 1 N–H and O–H groups in total. The van der Waals surface area contributed by atoms with E-state index in [-0.39, 0.29) is 29.0 Å². The molecule has 1 amide bonds. The average Bonchev–Trinajstić information content (AvgIpc) is 3.04. The standard InChI is InChI=1S/C24H18ClFN2O4/c1-32-19-9-8-15(25)11-17(19)22(29)20-21(16-6-2-3-7-18(16)26)28(24(31)23(20)30)13-14-5-4-10-27-12-14/h2-12,21,29H,13H2,1H3/b22-20+. The maximum absolute atomic E-state index is 14.8. The molecule has 1 aliphatic heterocycles. The van der Waals surface area contributed by atoms with Crippen LogP contribution in [-0.4, -0.2) is 33.8 Å². The highest BCUT2D eigenvalue weighted by Gasteiger charge is 2.47. The molecule has 3 aromatic rings. The van der Waals surface area contributed by atoms with Crippen LogP contribution in [0.25, 0.3) is 5.76 Å². The molecule has 6 nitrogen and oxygen atoms in total. The van der Waals surface area contributed by atoms with Crippen LogP contribution in [0.2, 0.25) is 5.02 Å². The molecule has 1 atom stereocenters. The summed E-state index contributed by atoms with van der Waals surface area (Å²) in [5.41, 5.74) is 0.611. The van der Waals surface area contributed by atoms with Crippen LogP contribution >= 0.6 is 11.6 Å². The van der Waals surface area contributed by atoms with Crippen LogP contribution in [-0.2, 0) is 16.1 Å². The van der Waals surface area contributed by atoms with Gasteiger partial charge in [-0.15, -0.1) is 0 Å². The van der Waals surface area contributed by atoms with Gasteiger partial charge in [0.15, 0.2) is 0 Å². The van der Waals surface area contributed by atoms with Crippen molar-refractivity contribution in [2.24, 2.45) is 0 Å². The zero-order chi connectivity index (χ0) is 22.8. The Balaban J connectivity index is 1.93. The van der Waals surface area contributed by atoms with Crippen molar-refractivity contribution in [2.45, 2.75) is 12.6 Å². The van der Waals surface area contributed by atoms with E-state index in [0.717, 1.165) is 0 Å². The number of ketones is 1. The van der Waals surface area contributed by atoms with Crippen molar-refractivity contribution in [3.05, 3.63) is 100 Å². The van der Waals surface area contributed by atoms with Gasteiger partial charge < -0.3 is 14.7 Å². The van der Waals surface area contributed by atoms with Crippen LogP contribution in [0, 0.1) is 5.82 Å². The maximum Gasteiger partial charge on any atom is 0.295 e. The van der Waals surface area contributed by atoms with Gasteiger partial charge >= 0.3 is 0 Å². The highest BCUT2D eigenvalue weighted by atomic mass is 35.5. The number of carbonyl (C=O) groups is 2. The van der Waals surface area contributed by atoms with E-state index in [9.17, 15) is 19.1 Å². The van der Waals surface area contributed by atoms with Gasteiger partial charge in [-0.2, -0.15) is 0 Å². The molecule has 1 fully saturated rings. The second-order valence-corrected chi connectivity index (χ2v) is 7.59. The Kier molecular flexibility index (Phi) is 5.92. The number of Topliss-reactive ketones (excluding diaryl/α,β-unsaturated/α-hetero) is 1. The Morgan fingerprint density at radius 1 is 1.19 bits per heavy atom. The summed E-state index contributed by atoms with van der Waals surface area (Å²) in [6, 6.07) is 12.6. The van der Waals surface area contributed by atoms with Crippen molar-refractivity contribution in [1.82, 2.24) is 9.88 Å². The number of amides is 1. The molecule has 0 radical (unpaired) electrons. The fraction of sp³-hybridized carbons (Fsp3) is 0.125. The van der Waals surface area contributed by atoms with Crippen LogP contribution < -0.4 is 4.74 Å². The summed E-state index contributed by atoms with van der Waals surface area (Å²) in [6.07, 6.45) is 3.13. The number of halogens is 2. The van der Waals surface area contributed by atoms with E-state index in [0.29, 0.717) is 10.6 Å². The van der Waals surface area contributed by atoms with Gasteiger partial charge in [0.1, 0.15) is 17.3 Å². The first-order valence-corrected chi connectivity index (χ1v) is 10.1. The number of methoxy groups -OCH3 is 1. The number of hydrogen-bond acceptors (Lipinski definition) is 5. The summed E-state index contributed by atoms with van der Waals surface area (Å²) < 4.78 is 20.1. The molecule has 4 rings (SSSR count). The molecule has 0 spiro atoms. The largest absolute Gasteiger partial charge is 0.507 e. The Morgan fingerprint density at radius 2 is 1.97 bits per heavy atom. The second-order valence-electron chi connectivity index (χ2n) is 7.15. The van der Waals surface area contributed by atoms with Gasteiger partial charge in [0, 0.05) is 29.5 Å². The number of hydrogen-bond donors (Lipinski definition) is 1. The fourth-order valence-electron chi connectivity index (χ4n) is 3.76. The highest BCUT2D eigenvalue weighted by Crippen LogP contribution is 2.42. The molecule has 1 aliphatic rings. The van der Waals surface area contributed by atoms with E-state index in [2.05, 4.69) is 4.98 Å². The molecular weight excluding hydrogens is 435 g/mol. The lowest BCUT2D eigenvalue weighted by molar-refractivity contribution is -0.140. The highest BCUT2D eigenvalue weighted by molar-refractivity contribution is 6.46. The number of nitrogens with zero attached hydrogens (tertiary/aromatic N) is 2. The Morgan fingerprint density at radius 3 is 2.66 bits per heavy atom. The minimum Gasteiger partial charge on any atom is -0.507 e. The molecule has 2 aromatic carbocycles. The van der Waals surface area contributed by atoms with Gasteiger partial charge in [0.05, 0.1) is 24.3 Å². The smallest absolute Gasteiger partial charge is 0.295 e. The Hall–Kier alpha value is -3.71. The van der Waals surface area contributed by atoms with Gasteiger partial charge in [-0.1, -0.05) is 35.9 Å². The molecule has 162 valence electrons. The van der Waals surface area contributed by atoms with Crippen LogP contribution in [0.3, 0.4) is 0 Å². The minimum absolute atomic E-state index is 0.000868. The number of rotatable bonds is 5. The molecule has 1 aromatic heterocycles. The molecule has 2 heterocycles. The van der Waals surface area contributed by atoms with E-state index in [1.807, 2.05) is 0 Å². The molecule has 32 heavy (non-hydrogen) atoms. The first-order chi connectivity index (χ1) is 15.4. The van der Waals surface area contributed by atoms with Gasteiger partial charge in [0.25, 0.3) is 11.7 Å². The van der Waals surface area contributed by atoms with Gasteiger partial charge in [-0.25, -0.2) is 4.39 Å². The molecular formula is C24H18ClFN2O4. The van der Waals surface area contributed by atoms with Crippen molar-refractivity contribution in [1.29, 1.82) is 0 Å². The van der Waals surface area contributed by atoms with Gasteiger partial charge in [0.2, 0.25) is 0 Å². The van der Waals surface area contributed by atoms with Crippen molar-refractivity contribution < 1.29 is 23.8 Å². The summed E-state index contributed by atoms with van der Waals surface area (Å²) in [6.45, 7) is 0.000868. The molecule has 1 saturated heterocycles. The number of pyridine rings is 1. The Bertz CT molecular complexity index is 1230. The van der Waals surface area contributed by atoms with Crippen LogP contribution in [0.5, 0.6) is 5.75 Å². The molecule has 0 aliphatic carbocycles. The van der Waals surface area contributed by atoms with Gasteiger partial charge in [-0.3, -0.25) is 14.6 Å². The first kappa shape index (κ1) is 21.5. The first-order valence-electron chi connectivity index (χ1n) is 9.68. The zero-order valence-corrected chi connectivity index (χ0v) is 17.7. The van der Waals surface area contributed by atoms with Crippen LogP contribution in [0.15, 0.2) is 72.6 Å². The maximum atomic E-state index is 14.8. The topological polar surface area (TPSA) is 79.7 Å². The van der Waals surface area contributed by atoms with Gasteiger partial charge in [-0.05, 0) is 35.9 Å². The number of aromatic nitrogens is 1. The zero-order valence-electron chi connectivity index (χ0n) is 17.0. The summed E-state index contributed by atoms with van der Waals surface area (Å²) in [5, 5.41) is 11.4. The van der Waals surface area contributed by atoms with Crippen LogP contribution in [0.1, 0.15) is 22.7 Å². The minimum atomic E-state index is -1.15. The van der Waals surface area contributed by atoms with Crippen LogP contribution in [0.4, 0.5) is 4.39 Å². The number of aliphatic hydroxyl groups is 1. The van der Waals surface area contributed by atoms with E-state index >= 15 is 0 Å². The average molecular weight is 453 g/mol.